The Bertz CT molecular complexity index is 717. The van der Waals surface area contributed by atoms with Crippen LogP contribution in [-0.4, -0.2) is 40.7 Å². The normalized spacial score (nSPS) is 21.8. The first-order valence-corrected chi connectivity index (χ1v) is 8.09. The van der Waals surface area contributed by atoms with E-state index in [1.165, 1.54) is 12.8 Å². The Hall–Kier alpha value is -1.72. The Morgan fingerprint density at radius 3 is 2.91 bits per heavy atom. The molecule has 1 N–H and O–H groups in total. The van der Waals surface area contributed by atoms with E-state index in [1.807, 2.05) is 24.3 Å². The second kappa shape index (κ2) is 5.82. The molecule has 0 unspecified atom stereocenters. The number of aromatic amines is 1. The van der Waals surface area contributed by atoms with Crippen molar-refractivity contribution in [1.82, 2.24) is 14.9 Å². The highest BCUT2D eigenvalue weighted by Gasteiger charge is 2.32. The van der Waals surface area contributed by atoms with E-state index >= 15 is 0 Å². The highest BCUT2D eigenvalue weighted by Crippen LogP contribution is 2.29. The molecule has 5 heteroatoms. The molecule has 1 aromatic carbocycles. The van der Waals surface area contributed by atoms with Crippen molar-refractivity contribution >= 4 is 10.9 Å². The SMILES string of the molecule is O=c1[nH]c(CN(C[C@@H]2CCOC2)C2CC2)nc2ccccc12. The van der Waals surface area contributed by atoms with Gasteiger partial charge in [0.05, 0.1) is 24.1 Å². The number of ether oxygens (including phenoxy) is 1. The summed E-state index contributed by atoms with van der Waals surface area (Å²) >= 11 is 0. The first-order chi connectivity index (χ1) is 10.8. The van der Waals surface area contributed by atoms with Gasteiger partial charge in [-0.05, 0) is 37.3 Å². The number of para-hydroxylation sites is 1. The minimum atomic E-state index is -0.0412. The maximum absolute atomic E-state index is 12.2. The van der Waals surface area contributed by atoms with Gasteiger partial charge in [0, 0.05) is 19.2 Å². The molecule has 1 aliphatic carbocycles. The molecule has 1 saturated heterocycles. The monoisotopic (exact) mass is 299 g/mol. The van der Waals surface area contributed by atoms with E-state index in [4.69, 9.17) is 4.74 Å². The van der Waals surface area contributed by atoms with Crippen LogP contribution in [0.15, 0.2) is 29.1 Å². The second-order valence-corrected chi connectivity index (χ2v) is 6.42. The zero-order chi connectivity index (χ0) is 14.9. The maximum Gasteiger partial charge on any atom is 0.258 e. The van der Waals surface area contributed by atoms with Crippen molar-refractivity contribution in [2.75, 3.05) is 19.8 Å². The molecule has 1 aromatic heterocycles. The quantitative estimate of drug-likeness (QED) is 0.916. The average molecular weight is 299 g/mol. The number of aromatic nitrogens is 2. The van der Waals surface area contributed by atoms with Gasteiger partial charge >= 0.3 is 0 Å². The number of nitrogens with one attached hydrogen (secondary N) is 1. The van der Waals surface area contributed by atoms with Crippen LogP contribution in [0.3, 0.4) is 0 Å². The molecule has 0 bridgehead atoms. The van der Waals surface area contributed by atoms with Crippen molar-refractivity contribution in [3.8, 4) is 0 Å². The fraction of sp³-hybridized carbons (Fsp3) is 0.529. The third-order valence-corrected chi connectivity index (χ3v) is 4.59. The molecular weight excluding hydrogens is 278 g/mol. The zero-order valence-electron chi connectivity index (χ0n) is 12.6. The Morgan fingerprint density at radius 2 is 2.14 bits per heavy atom. The van der Waals surface area contributed by atoms with Crippen molar-refractivity contribution in [1.29, 1.82) is 0 Å². The molecular formula is C17H21N3O2. The number of hydrogen-bond donors (Lipinski definition) is 1. The van der Waals surface area contributed by atoms with Crippen LogP contribution in [0.25, 0.3) is 10.9 Å². The fourth-order valence-corrected chi connectivity index (χ4v) is 3.24. The first-order valence-electron chi connectivity index (χ1n) is 8.09. The van der Waals surface area contributed by atoms with E-state index < -0.39 is 0 Å². The Kier molecular flexibility index (Phi) is 3.68. The van der Waals surface area contributed by atoms with Gasteiger partial charge in [-0.1, -0.05) is 12.1 Å². The summed E-state index contributed by atoms with van der Waals surface area (Å²) in [6.45, 7) is 3.52. The molecule has 0 amide bonds. The third kappa shape index (κ3) is 2.91. The number of benzene rings is 1. The van der Waals surface area contributed by atoms with Crippen LogP contribution in [0.1, 0.15) is 25.1 Å². The van der Waals surface area contributed by atoms with Gasteiger partial charge in [-0.15, -0.1) is 0 Å². The van der Waals surface area contributed by atoms with Crippen molar-refractivity contribution in [2.45, 2.75) is 31.8 Å². The van der Waals surface area contributed by atoms with E-state index in [0.29, 0.717) is 17.3 Å². The molecule has 116 valence electrons. The largest absolute Gasteiger partial charge is 0.381 e. The van der Waals surface area contributed by atoms with Crippen molar-refractivity contribution in [3.63, 3.8) is 0 Å². The number of fused-ring (bicyclic) bond motifs is 1. The third-order valence-electron chi connectivity index (χ3n) is 4.59. The van der Waals surface area contributed by atoms with Crippen LogP contribution in [-0.2, 0) is 11.3 Å². The molecule has 1 saturated carbocycles. The van der Waals surface area contributed by atoms with Gasteiger partial charge in [0.2, 0.25) is 0 Å². The minimum Gasteiger partial charge on any atom is -0.381 e. The standard InChI is InChI=1S/C17H21N3O2/c21-17-14-3-1-2-4-15(14)18-16(19-17)10-20(13-5-6-13)9-12-7-8-22-11-12/h1-4,12-13H,5-11H2,(H,18,19,21)/t12-/m0/s1. The number of rotatable bonds is 5. The van der Waals surface area contributed by atoms with E-state index in [0.717, 1.165) is 44.1 Å². The van der Waals surface area contributed by atoms with Crippen LogP contribution in [0.2, 0.25) is 0 Å². The fourth-order valence-electron chi connectivity index (χ4n) is 3.24. The molecule has 2 aliphatic rings. The topological polar surface area (TPSA) is 58.2 Å². The summed E-state index contributed by atoms with van der Waals surface area (Å²) in [6.07, 6.45) is 3.65. The summed E-state index contributed by atoms with van der Waals surface area (Å²) in [6, 6.07) is 8.17. The molecule has 0 spiro atoms. The predicted molar refractivity (Wildman–Crippen MR) is 84.7 cm³/mol. The average Bonchev–Trinajstić information content (AvgIpc) is 3.25. The lowest BCUT2D eigenvalue weighted by Crippen LogP contribution is -2.32. The summed E-state index contributed by atoms with van der Waals surface area (Å²) in [5, 5.41) is 0.661. The van der Waals surface area contributed by atoms with Crippen LogP contribution < -0.4 is 5.56 Å². The van der Waals surface area contributed by atoms with E-state index in [1.54, 1.807) is 0 Å². The van der Waals surface area contributed by atoms with Gasteiger partial charge in [-0.2, -0.15) is 0 Å². The first kappa shape index (κ1) is 13.9. The highest BCUT2D eigenvalue weighted by molar-refractivity contribution is 5.77. The van der Waals surface area contributed by atoms with E-state index in [9.17, 15) is 4.79 Å². The van der Waals surface area contributed by atoms with E-state index in [2.05, 4.69) is 14.9 Å². The lowest BCUT2D eigenvalue weighted by Gasteiger charge is -2.24. The lowest BCUT2D eigenvalue weighted by atomic mass is 10.1. The van der Waals surface area contributed by atoms with Gasteiger partial charge in [-0.25, -0.2) is 4.98 Å². The molecule has 5 nitrogen and oxygen atoms in total. The summed E-state index contributed by atoms with van der Waals surface area (Å²) in [5.74, 6) is 1.39. The smallest absolute Gasteiger partial charge is 0.258 e. The maximum atomic E-state index is 12.2. The second-order valence-electron chi connectivity index (χ2n) is 6.42. The summed E-state index contributed by atoms with van der Waals surface area (Å²) in [4.78, 5) is 22.2. The van der Waals surface area contributed by atoms with Crippen LogP contribution in [0, 0.1) is 5.92 Å². The summed E-state index contributed by atoms with van der Waals surface area (Å²) < 4.78 is 5.48. The van der Waals surface area contributed by atoms with Gasteiger partial charge in [0.1, 0.15) is 5.82 Å². The number of hydrogen-bond acceptors (Lipinski definition) is 4. The lowest BCUT2D eigenvalue weighted by molar-refractivity contribution is 0.160. The molecule has 2 heterocycles. The van der Waals surface area contributed by atoms with Crippen molar-refractivity contribution < 1.29 is 4.74 Å². The van der Waals surface area contributed by atoms with Crippen molar-refractivity contribution in [3.05, 3.63) is 40.4 Å². The van der Waals surface area contributed by atoms with Gasteiger partial charge in [0.15, 0.2) is 0 Å². The molecule has 2 aromatic rings. The summed E-state index contributed by atoms with van der Waals surface area (Å²) in [5.41, 5.74) is 0.738. The molecule has 22 heavy (non-hydrogen) atoms. The minimum absolute atomic E-state index is 0.0412. The Balaban J connectivity index is 1.56. The molecule has 0 radical (unpaired) electrons. The Labute approximate surface area is 129 Å². The predicted octanol–water partition coefficient (Wildman–Crippen LogP) is 1.92. The number of H-pyrrole nitrogens is 1. The molecule has 2 fully saturated rings. The number of nitrogens with zero attached hydrogens (tertiary/aromatic N) is 2. The van der Waals surface area contributed by atoms with Gasteiger partial charge in [-0.3, -0.25) is 9.69 Å². The van der Waals surface area contributed by atoms with Gasteiger partial charge < -0.3 is 9.72 Å². The van der Waals surface area contributed by atoms with Crippen LogP contribution >= 0.6 is 0 Å². The van der Waals surface area contributed by atoms with E-state index in [-0.39, 0.29) is 5.56 Å². The zero-order valence-corrected chi connectivity index (χ0v) is 12.6. The summed E-state index contributed by atoms with van der Waals surface area (Å²) in [7, 11) is 0. The molecule has 1 atom stereocenters. The van der Waals surface area contributed by atoms with Crippen LogP contribution in [0.4, 0.5) is 0 Å². The Morgan fingerprint density at radius 1 is 1.27 bits per heavy atom. The highest BCUT2D eigenvalue weighted by atomic mass is 16.5. The van der Waals surface area contributed by atoms with Gasteiger partial charge in [0.25, 0.3) is 5.56 Å². The molecule has 4 rings (SSSR count). The molecule has 1 aliphatic heterocycles. The van der Waals surface area contributed by atoms with Crippen LogP contribution in [0.5, 0.6) is 0 Å². The van der Waals surface area contributed by atoms with Crippen molar-refractivity contribution in [2.24, 2.45) is 5.92 Å².